The van der Waals surface area contributed by atoms with Crippen LogP contribution < -0.4 is 4.90 Å². The highest BCUT2D eigenvalue weighted by atomic mass is 32.2. The van der Waals surface area contributed by atoms with Crippen LogP contribution in [-0.4, -0.2) is 101 Å². The normalized spacial score (nSPS) is 20.6. The van der Waals surface area contributed by atoms with Gasteiger partial charge in [-0.15, -0.1) is 0 Å². The number of hydrogen-bond donors (Lipinski definition) is 1. The van der Waals surface area contributed by atoms with Crippen LogP contribution in [0.25, 0.3) is 39.1 Å². The lowest BCUT2D eigenvalue weighted by atomic mass is 9.85. The predicted molar refractivity (Wildman–Crippen MR) is 191 cm³/mol. The number of benzene rings is 3. The van der Waals surface area contributed by atoms with E-state index in [0.717, 1.165) is 97.8 Å². The third-order valence-corrected chi connectivity index (χ3v) is 11.6. The molecule has 252 valence electrons. The lowest BCUT2D eigenvalue weighted by Crippen LogP contribution is -2.39. The van der Waals surface area contributed by atoms with Crippen molar-refractivity contribution >= 4 is 37.9 Å². The molecule has 2 aromatic heterocycles. The van der Waals surface area contributed by atoms with E-state index in [4.69, 9.17) is 0 Å². The van der Waals surface area contributed by atoms with Crippen molar-refractivity contribution in [3.05, 3.63) is 84.7 Å². The molecule has 1 amide bonds. The molecular weight excluding hydrogens is 637 g/mol. The Balaban J connectivity index is 0.879. The third-order valence-electron chi connectivity index (χ3n) is 10.5. The number of hydrogen-bond acceptors (Lipinski definition) is 8. The van der Waals surface area contributed by atoms with Crippen LogP contribution in [0.4, 0.5) is 5.69 Å². The Hall–Kier alpha value is -4.65. The summed E-state index contributed by atoms with van der Waals surface area (Å²) < 4.78 is 25.6. The van der Waals surface area contributed by atoms with Crippen LogP contribution in [0.5, 0.6) is 0 Å². The molecule has 49 heavy (non-hydrogen) atoms. The zero-order valence-electron chi connectivity index (χ0n) is 27.8. The molecule has 11 nitrogen and oxygen atoms in total. The summed E-state index contributed by atoms with van der Waals surface area (Å²) in [5.74, 6) is 0.961. The van der Waals surface area contributed by atoms with Gasteiger partial charge in [0.05, 0.1) is 21.5 Å². The molecule has 2 fully saturated rings. The number of H-pyrrole nitrogens is 1. The Labute approximate surface area is 286 Å². The minimum atomic E-state index is -3.28. The highest BCUT2D eigenvalue weighted by Gasteiger charge is 2.51. The van der Waals surface area contributed by atoms with Crippen LogP contribution in [0.2, 0.25) is 0 Å². The molecule has 0 bridgehead atoms. The summed E-state index contributed by atoms with van der Waals surface area (Å²) in [4.78, 5) is 25.6. The molecule has 0 radical (unpaired) electrons. The second kappa shape index (κ2) is 12.3. The first kappa shape index (κ1) is 31.6. The largest absolute Gasteiger partial charge is 0.312 e. The number of aromatic nitrogens is 5. The van der Waals surface area contributed by atoms with Crippen LogP contribution in [0.15, 0.2) is 84.0 Å². The van der Waals surface area contributed by atoms with E-state index in [2.05, 4.69) is 60.4 Å². The Bertz CT molecular complexity index is 2170. The molecule has 1 spiro atoms. The summed E-state index contributed by atoms with van der Waals surface area (Å²) in [5, 5.41) is 12.9. The van der Waals surface area contributed by atoms with E-state index in [1.807, 2.05) is 30.1 Å². The first-order valence-electron chi connectivity index (χ1n) is 16.9. The second-order valence-electron chi connectivity index (χ2n) is 13.7. The Kier molecular flexibility index (Phi) is 7.97. The quantitative estimate of drug-likeness (QED) is 0.252. The number of carbonyl (C=O) groups excluding carboxylic acids is 1. The average molecular weight is 677 g/mol. The lowest BCUT2D eigenvalue weighted by Gasteiger charge is -2.29. The molecule has 2 saturated heterocycles. The van der Waals surface area contributed by atoms with Crippen molar-refractivity contribution in [1.82, 2.24) is 34.8 Å². The van der Waals surface area contributed by atoms with Crippen molar-refractivity contribution in [3.63, 3.8) is 0 Å². The predicted octanol–water partition coefficient (Wildman–Crippen LogP) is 4.65. The summed E-state index contributed by atoms with van der Waals surface area (Å²) >= 11 is 0. The molecule has 12 heteroatoms. The summed E-state index contributed by atoms with van der Waals surface area (Å²) in [6.07, 6.45) is 8.05. The maximum atomic E-state index is 14.0. The highest BCUT2D eigenvalue weighted by Crippen LogP contribution is 2.43. The zero-order valence-corrected chi connectivity index (χ0v) is 28.7. The fourth-order valence-corrected chi connectivity index (χ4v) is 8.24. The van der Waals surface area contributed by atoms with Gasteiger partial charge in [0.1, 0.15) is 6.33 Å². The van der Waals surface area contributed by atoms with Gasteiger partial charge >= 0.3 is 0 Å². The second-order valence-corrected chi connectivity index (χ2v) is 15.7. The highest BCUT2D eigenvalue weighted by molar-refractivity contribution is 7.90. The van der Waals surface area contributed by atoms with E-state index >= 15 is 0 Å². The molecule has 5 aromatic rings. The van der Waals surface area contributed by atoms with Gasteiger partial charge in [0.15, 0.2) is 15.7 Å². The van der Waals surface area contributed by atoms with Crippen LogP contribution in [0, 0.1) is 5.41 Å². The lowest BCUT2D eigenvalue weighted by molar-refractivity contribution is -0.125. The summed E-state index contributed by atoms with van der Waals surface area (Å²) in [7, 11) is -1.41. The van der Waals surface area contributed by atoms with Gasteiger partial charge in [0, 0.05) is 74.8 Å². The van der Waals surface area contributed by atoms with Gasteiger partial charge in [-0.3, -0.25) is 19.5 Å². The third kappa shape index (κ3) is 6.09. The number of likely N-dealkylation sites (tertiary alicyclic amines) is 1. The fraction of sp³-hybridized carbons (Fsp3) is 0.351. The first-order chi connectivity index (χ1) is 23.6. The van der Waals surface area contributed by atoms with E-state index in [0.29, 0.717) is 6.54 Å². The van der Waals surface area contributed by atoms with Crippen LogP contribution in [0.3, 0.4) is 0 Å². The number of carbonyl (C=O) groups is 1. The van der Waals surface area contributed by atoms with Gasteiger partial charge < -0.3 is 9.80 Å². The molecule has 0 saturated carbocycles. The number of aryl methyl sites for hydroxylation is 1. The van der Waals surface area contributed by atoms with Crippen molar-refractivity contribution in [2.45, 2.75) is 24.2 Å². The maximum Gasteiger partial charge on any atom is 0.234 e. The molecule has 3 aliphatic rings. The molecule has 0 unspecified atom stereocenters. The van der Waals surface area contributed by atoms with Crippen molar-refractivity contribution in [2.75, 3.05) is 57.0 Å². The van der Waals surface area contributed by atoms with Gasteiger partial charge in [-0.2, -0.15) is 10.2 Å². The summed E-state index contributed by atoms with van der Waals surface area (Å²) in [5.41, 5.74) is 6.65. The van der Waals surface area contributed by atoms with Gasteiger partial charge in [-0.1, -0.05) is 42.5 Å². The number of nitrogens with one attached hydrogen (secondary N) is 1. The minimum Gasteiger partial charge on any atom is -0.312 e. The topological polar surface area (TPSA) is 120 Å². The Morgan fingerprint density at radius 3 is 2.33 bits per heavy atom. The van der Waals surface area contributed by atoms with Gasteiger partial charge in [0.25, 0.3) is 0 Å². The maximum absolute atomic E-state index is 14.0. The number of anilines is 1. The van der Waals surface area contributed by atoms with Crippen molar-refractivity contribution in [2.24, 2.45) is 12.5 Å². The van der Waals surface area contributed by atoms with Crippen LogP contribution in [0.1, 0.15) is 24.8 Å². The van der Waals surface area contributed by atoms with Crippen molar-refractivity contribution in [3.8, 4) is 22.6 Å². The molecule has 8 rings (SSSR count). The number of aromatic amines is 1. The van der Waals surface area contributed by atoms with Crippen molar-refractivity contribution in [1.29, 1.82) is 0 Å². The number of nitrogens with zero attached hydrogens (tertiary/aromatic N) is 7. The molecule has 3 aliphatic heterocycles. The smallest absolute Gasteiger partial charge is 0.234 e. The number of sulfone groups is 1. The van der Waals surface area contributed by atoms with Crippen LogP contribution >= 0.6 is 0 Å². The molecular formula is C37H40N8O3S. The summed E-state index contributed by atoms with van der Waals surface area (Å²) in [6, 6.07) is 21.3. The van der Waals surface area contributed by atoms with Gasteiger partial charge in [0.2, 0.25) is 5.91 Å². The standard InChI is InChI=1S/C37H40N8O3S/c1-42-25-38-35(41-42)29-5-3-26(4-6-29)27-13-17-43(18-14-27)21-22-44-19-15-37(24-44)16-20-45(36(37)46)30-9-12-33-32(23-30)34(40-39-33)28-7-10-31(11-8-28)49(2,47)48/h3-13,23,25H,14-22,24H2,1-2H3,(H,39,40)/t37-/m0/s1. The average Bonchev–Trinajstić information content (AvgIpc) is 3.91. The van der Waals surface area contributed by atoms with E-state index < -0.39 is 9.84 Å². The summed E-state index contributed by atoms with van der Waals surface area (Å²) in [6.45, 7) is 6.38. The fourth-order valence-electron chi connectivity index (χ4n) is 7.61. The van der Waals surface area contributed by atoms with Gasteiger partial charge in [-0.05, 0) is 67.3 Å². The number of fused-ring (bicyclic) bond motifs is 1. The Morgan fingerprint density at radius 2 is 1.61 bits per heavy atom. The molecule has 3 aromatic carbocycles. The van der Waals surface area contributed by atoms with Crippen LogP contribution in [-0.2, 0) is 21.7 Å². The molecule has 1 N–H and O–H groups in total. The molecule has 1 atom stereocenters. The van der Waals surface area contributed by atoms with Gasteiger partial charge in [-0.25, -0.2) is 13.4 Å². The van der Waals surface area contributed by atoms with Crippen molar-refractivity contribution < 1.29 is 13.2 Å². The van der Waals surface area contributed by atoms with E-state index in [1.54, 1.807) is 35.3 Å². The SMILES string of the molecule is Cn1cnc(-c2ccc(C3=CCN(CCN4CC[C@]5(CCN(c6ccc7[nH]nc(-c8ccc(S(C)(=O)=O)cc8)c7c6)C5=O)C4)CC3)cc2)n1. The van der Waals surface area contributed by atoms with E-state index in [9.17, 15) is 13.2 Å². The van der Waals surface area contributed by atoms with E-state index in [1.165, 1.54) is 17.4 Å². The first-order valence-corrected chi connectivity index (χ1v) is 18.8. The monoisotopic (exact) mass is 676 g/mol. The molecule has 5 heterocycles. The number of amides is 1. The minimum absolute atomic E-state index is 0.215. The van der Waals surface area contributed by atoms with E-state index in [-0.39, 0.29) is 16.2 Å². The molecule has 0 aliphatic carbocycles. The zero-order chi connectivity index (χ0) is 33.8. The Morgan fingerprint density at radius 1 is 0.878 bits per heavy atom. The number of rotatable bonds is 8.